The lowest BCUT2D eigenvalue weighted by molar-refractivity contribution is -0.154. The number of aryl methyl sites for hydroxylation is 1. The minimum Gasteiger partial charge on any atom is -0.460 e. The maximum Gasteiger partial charge on any atom is 0.306 e. The fourth-order valence-electron chi connectivity index (χ4n) is 1.92. The first-order valence-corrected chi connectivity index (χ1v) is 7.85. The molecular formula is C16H21BrFNO3. The van der Waals surface area contributed by atoms with Crippen LogP contribution in [0.15, 0.2) is 16.6 Å². The first-order valence-electron chi connectivity index (χ1n) is 7.06. The molecule has 0 radical (unpaired) electrons. The Hall–Kier alpha value is -1.43. The summed E-state index contributed by atoms with van der Waals surface area (Å²) in [4.78, 5) is 22.7. The molecule has 4 nitrogen and oxygen atoms in total. The normalized spacial score (nSPS) is 11.2. The smallest absolute Gasteiger partial charge is 0.306 e. The second-order valence-electron chi connectivity index (χ2n) is 6.05. The third-order valence-corrected chi connectivity index (χ3v) is 3.56. The summed E-state index contributed by atoms with van der Waals surface area (Å²) in [6, 6.07) is 2.95. The van der Waals surface area contributed by atoms with E-state index in [-0.39, 0.29) is 18.3 Å². The summed E-state index contributed by atoms with van der Waals surface area (Å²) in [5.74, 6) is -0.984. The number of benzene rings is 1. The van der Waals surface area contributed by atoms with Crippen LogP contribution in [0.25, 0.3) is 0 Å². The van der Waals surface area contributed by atoms with Crippen molar-refractivity contribution in [2.24, 2.45) is 0 Å². The average molecular weight is 374 g/mol. The number of amides is 1. The molecule has 0 spiro atoms. The lowest BCUT2D eigenvalue weighted by Gasteiger charge is -2.19. The molecule has 0 saturated heterocycles. The molecule has 1 aromatic carbocycles. The third kappa shape index (κ3) is 6.56. The lowest BCUT2D eigenvalue weighted by atomic mass is 10.1. The van der Waals surface area contributed by atoms with Gasteiger partial charge in [0.1, 0.15) is 11.4 Å². The predicted octanol–water partition coefficient (Wildman–Crippen LogP) is 4.21. The topological polar surface area (TPSA) is 55.4 Å². The van der Waals surface area contributed by atoms with Crippen molar-refractivity contribution >= 4 is 33.5 Å². The SMILES string of the molecule is CC(=O)Nc1cc(F)c(Br)c(CCCC(=O)OC(C)(C)C)c1. The van der Waals surface area contributed by atoms with Gasteiger partial charge in [0.25, 0.3) is 0 Å². The summed E-state index contributed by atoms with van der Waals surface area (Å²) in [7, 11) is 0. The molecule has 22 heavy (non-hydrogen) atoms. The van der Waals surface area contributed by atoms with Crippen LogP contribution >= 0.6 is 15.9 Å². The summed E-state index contributed by atoms with van der Waals surface area (Å²) < 4.78 is 19.4. The number of nitrogens with one attached hydrogen (secondary N) is 1. The molecule has 6 heteroatoms. The van der Waals surface area contributed by atoms with Gasteiger partial charge in [-0.05, 0) is 67.2 Å². The first-order chi connectivity index (χ1) is 10.1. The maximum absolute atomic E-state index is 13.8. The van der Waals surface area contributed by atoms with Crippen LogP contribution in [-0.2, 0) is 20.7 Å². The van der Waals surface area contributed by atoms with Crippen molar-refractivity contribution < 1.29 is 18.7 Å². The van der Waals surface area contributed by atoms with Crippen LogP contribution in [0.1, 0.15) is 46.1 Å². The van der Waals surface area contributed by atoms with Crippen LogP contribution in [0.4, 0.5) is 10.1 Å². The number of carbonyl (C=O) groups is 2. The summed E-state index contributed by atoms with van der Waals surface area (Å²) in [5, 5.41) is 2.55. The average Bonchev–Trinajstić information content (AvgIpc) is 2.32. The molecule has 122 valence electrons. The Morgan fingerprint density at radius 3 is 2.50 bits per heavy atom. The van der Waals surface area contributed by atoms with Crippen molar-refractivity contribution in [2.75, 3.05) is 5.32 Å². The zero-order chi connectivity index (χ0) is 16.9. The first kappa shape index (κ1) is 18.6. The van der Waals surface area contributed by atoms with E-state index >= 15 is 0 Å². The van der Waals surface area contributed by atoms with E-state index in [4.69, 9.17) is 4.74 Å². The highest BCUT2D eigenvalue weighted by Gasteiger charge is 2.16. The van der Waals surface area contributed by atoms with Crippen LogP contribution in [-0.4, -0.2) is 17.5 Å². The number of rotatable bonds is 5. The Morgan fingerprint density at radius 2 is 1.95 bits per heavy atom. The van der Waals surface area contributed by atoms with E-state index in [2.05, 4.69) is 21.2 Å². The van der Waals surface area contributed by atoms with Gasteiger partial charge in [-0.1, -0.05) is 0 Å². The molecule has 0 aliphatic carbocycles. The Bertz CT molecular complexity index is 567. The summed E-state index contributed by atoms with van der Waals surface area (Å²) in [6.07, 6.45) is 1.30. The van der Waals surface area contributed by atoms with E-state index < -0.39 is 11.4 Å². The van der Waals surface area contributed by atoms with E-state index in [0.29, 0.717) is 28.6 Å². The molecule has 0 aromatic heterocycles. The van der Waals surface area contributed by atoms with Gasteiger partial charge < -0.3 is 10.1 Å². The molecule has 0 heterocycles. The molecule has 0 fully saturated rings. The number of carbonyl (C=O) groups excluding carboxylic acids is 2. The second-order valence-corrected chi connectivity index (χ2v) is 6.85. The summed E-state index contributed by atoms with van der Waals surface area (Å²) in [6.45, 7) is 6.80. The van der Waals surface area contributed by atoms with Crippen molar-refractivity contribution in [2.45, 2.75) is 52.6 Å². The molecule has 0 aliphatic heterocycles. The van der Waals surface area contributed by atoms with Crippen molar-refractivity contribution in [1.29, 1.82) is 0 Å². The highest BCUT2D eigenvalue weighted by molar-refractivity contribution is 9.10. The number of ether oxygens (including phenoxy) is 1. The molecule has 1 amide bonds. The largest absolute Gasteiger partial charge is 0.460 e. The molecule has 0 bridgehead atoms. The second kappa shape index (κ2) is 7.72. The summed E-state index contributed by atoms with van der Waals surface area (Å²) >= 11 is 3.19. The standard InChI is InChI=1S/C16H21BrFNO3/c1-10(20)19-12-8-11(15(17)13(18)9-12)6-5-7-14(21)22-16(2,3)4/h8-9H,5-7H2,1-4H3,(H,19,20). The predicted molar refractivity (Wildman–Crippen MR) is 87.2 cm³/mol. The van der Waals surface area contributed by atoms with Crippen LogP contribution in [0, 0.1) is 5.82 Å². The minimum absolute atomic E-state index is 0.260. The molecule has 0 atom stereocenters. The molecule has 1 aromatic rings. The van der Waals surface area contributed by atoms with Crippen molar-refractivity contribution in [1.82, 2.24) is 0 Å². The van der Waals surface area contributed by atoms with E-state index in [9.17, 15) is 14.0 Å². The molecular weight excluding hydrogens is 353 g/mol. The molecule has 0 saturated carbocycles. The van der Waals surface area contributed by atoms with Gasteiger partial charge >= 0.3 is 5.97 Å². The van der Waals surface area contributed by atoms with Gasteiger partial charge in [-0.25, -0.2) is 4.39 Å². The number of anilines is 1. The quantitative estimate of drug-likeness (QED) is 0.786. The fraction of sp³-hybridized carbons (Fsp3) is 0.500. The number of hydrogen-bond acceptors (Lipinski definition) is 3. The van der Waals surface area contributed by atoms with E-state index in [1.165, 1.54) is 13.0 Å². The Kier molecular flexibility index (Phi) is 6.53. The fourth-order valence-corrected chi connectivity index (χ4v) is 2.35. The zero-order valence-corrected chi connectivity index (χ0v) is 14.8. The maximum atomic E-state index is 13.8. The van der Waals surface area contributed by atoms with Gasteiger partial charge in [0.2, 0.25) is 5.91 Å². The van der Waals surface area contributed by atoms with Crippen molar-refractivity contribution in [3.8, 4) is 0 Å². The van der Waals surface area contributed by atoms with E-state index in [1.54, 1.807) is 6.07 Å². The molecule has 0 unspecified atom stereocenters. The van der Waals surface area contributed by atoms with Crippen LogP contribution in [0.5, 0.6) is 0 Å². The highest BCUT2D eigenvalue weighted by atomic mass is 79.9. The van der Waals surface area contributed by atoms with Crippen LogP contribution < -0.4 is 5.32 Å². The van der Waals surface area contributed by atoms with Crippen LogP contribution in [0.3, 0.4) is 0 Å². The molecule has 1 rings (SSSR count). The highest BCUT2D eigenvalue weighted by Crippen LogP contribution is 2.26. The molecule has 0 aliphatic rings. The van der Waals surface area contributed by atoms with Crippen molar-refractivity contribution in [3.05, 3.63) is 28.0 Å². The van der Waals surface area contributed by atoms with Gasteiger partial charge in [0.05, 0.1) is 4.47 Å². The zero-order valence-electron chi connectivity index (χ0n) is 13.3. The van der Waals surface area contributed by atoms with E-state index in [0.717, 1.165) is 0 Å². The third-order valence-electron chi connectivity index (χ3n) is 2.67. The monoisotopic (exact) mass is 373 g/mol. The number of esters is 1. The van der Waals surface area contributed by atoms with Crippen molar-refractivity contribution in [3.63, 3.8) is 0 Å². The van der Waals surface area contributed by atoms with Gasteiger partial charge in [-0.3, -0.25) is 9.59 Å². The van der Waals surface area contributed by atoms with Gasteiger partial charge in [-0.2, -0.15) is 0 Å². The Balaban J connectivity index is 2.67. The molecule has 1 N–H and O–H groups in total. The minimum atomic E-state index is -0.505. The van der Waals surface area contributed by atoms with Gasteiger partial charge in [0, 0.05) is 19.0 Å². The van der Waals surface area contributed by atoms with Gasteiger partial charge in [-0.15, -0.1) is 0 Å². The van der Waals surface area contributed by atoms with Crippen LogP contribution in [0.2, 0.25) is 0 Å². The van der Waals surface area contributed by atoms with Gasteiger partial charge in [0.15, 0.2) is 0 Å². The summed E-state index contributed by atoms with van der Waals surface area (Å²) in [5.41, 5.74) is 0.600. The van der Waals surface area contributed by atoms with E-state index in [1.807, 2.05) is 20.8 Å². The Morgan fingerprint density at radius 1 is 1.32 bits per heavy atom. The number of halogens is 2. The Labute approximate surface area is 138 Å². The number of hydrogen-bond donors (Lipinski definition) is 1. The lowest BCUT2D eigenvalue weighted by Crippen LogP contribution is -2.23.